The molecule has 2 atom stereocenters. The van der Waals surface area contributed by atoms with E-state index in [9.17, 15) is 14.4 Å². The Balaban J connectivity index is 1.94. The fraction of sp³-hybridized carbons (Fsp3) is 0.353. The zero-order valence-corrected chi connectivity index (χ0v) is 13.9. The van der Waals surface area contributed by atoms with Crippen molar-refractivity contribution in [3.63, 3.8) is 0 Å². The van der Waals surface area contributed by atoms with Crippen LogP contribution in [0.3, 0.4) is 0 Å². The van der Waals surface area contributed by atoms with Crippen LogP contribution in [0.4, 0.5) is 4.39 Å². The molecule has 0 bridgehead atoms. The zero-order chi connectivity index (χ0) is 18.0. The van der Waals surface area contributed by atoms with Crippen LogP contribution in [-0.4, -0.2) is 41.1 Å². The highest BCUT2D eigenvalue weighted by atomic mass is 19.1. The van der Waals surface area contributed by atoms with Crippen molar-refractivity contribution in [2.75, 3.05) is 13.2 Å². The lowest BCUT2D eigenvalue weighted by molar-refractivity contribution is -0.609. The van der Waals surface area contributed by atoms with E-state index in [1.807, 2.05) is 13.8 Å². The number of aromatic nitrogens is 2. The number of rotatable bonds is 3. The summed E-state index contributed by atoms with van der Waals surface area (Å²) in [5.41, 5.74) is 0.0851. The summed E-state index contributed by atoms with van der Waals surface area (Å²) in [7, 11) is 0. The highest BCUT2D eigenvalue weighted by molar-refractivity contribution is 5.97. The number of carbonyl (C=O) groups is 1. The normalized spacial score (nSPS) is 20.4. The van der Waals surface area contributed by atoms with Gasteiger partial charge in [0.15, 0.2) is 6.20 Å². The van der Waals surface area contributed by atoms with Crippen molar-refractivity contribution in [2.24, 2.45) is 0 Å². The monoisotopic (exact) mass is 347 g/mol. The zero-order valence-electron chi connectivity index (χ0n) is 13.9. The minimum atomic E-state index is -0.547. The molecule has 132 valence electrons. The summed E-state index contributed by atoms with van der Waals surface area (Å²) in [5.74, 6) is -0.586. The molecule has 1 aliphatic heterocycles. The first-order valence-electron chi connectivity index (χ1n) is 7.87. The molecule has 0 spiro atoms. The molecule has 3 rings (SSSR count). The SMILES string of the molecule is C[C@@H]1COC[C@H](C)N1C(=O)c1cc(F)ccc1Oc1cnc[n+]([O-])c1. The summed E-state index contributed by atoms with van der Waals surface area (Å²) in [6.45, 7) is 4.57. The highest BCUT2D eigenvalue weighted by Crippen LogP contribution is 2.28. The fourth-order valence-corrected chi connectivity index (χ4v) is 2.85. The van der Waals surface area contributed by atoms with Crippen LogP contribution < -0.4 is 9.47 Å². The third kappa shape index (κ3) is 3.69. The molecule has 1 amide bonds. The molecule has 1 aliphatic rings. The largest absolute Gasteiger partial charge is 0.711 e. The number of nitrogens with zero attached hydrogens (tertiary/aromatic N) is 3. The summed E-state index contributed by atoms with van der Waals surface area (Å²) >= 11 is 0. The molecule has 0 unspecified atom stereocenters. The van der Waals surface area contributed by atoms with Gasteiger partial charge in [0.1, 0.15) is 17.8 Å². The lowest BCUT2D eigenvalue weighted by atomic mass is 10.1. The van der Waals surface area contributed by atoms with E-state index < -0.39 is 5.82 Å². The van der Waals surface area contributed by atoms with Crippen molar-refractivity contribution >= 4 is 5.91 Å². The molecular formula is C17H18FN3O4. The van der Waals surface area contributed by atoms with Gasteiger partial charge in [-0.25, -0.2) is 9.12 Å². The van der Waals surface area contributed by atoms with Crippen LogP contribution >= 0.6 is 0 Å². The quantitative estimate of drug-likeness (QED) is 0.626. The Morgan fingerprint density at radius 3 is 2.80 bits per heavy atom. The molecule has 0 aliphatic carbocycles. The van der Waals surface area contributed by atoms with Crippen molar-refractivity contribution in [1.82, 2.24) is 9.88 Å². The number of hydrogen-bond donors (Lipinski definition) is 0. The van der Waals surface area contributed by atoms with E-state index in [2.05, 4.69) is 4.98 Å². The van der Waals surface area contributed by atoms with Crippen molar-refractivity contribution < 1.29 is 23.4 Å². The van der Waals surface area contributed by atoms with Crippen LogP contribution in [0, 0.1) is 11.0 Å². The molecule has 1 fully saturated rings. The van der Waals surface area contributed by atoms with Gasteiger partial charge in [-0.05, 0) is 32.0 Å². The molecule has 1 saturated heterocycles. The topological polar surface area (TPSA) is 78.6 Å². The van der Waals surface area contributed by atoms with E-state index in [1.54, 1.807) is 4.90 Å². The Kier molecular flexibility index (Phi) is 4.80. The molecule has 2 aromatic rings. The van der Waals surface area contributed by atoms with E-state index in [4.69, 9.17) is 9.47 Å². The number of benzene rings is 1. The number of ether oxygens (including phenoxy) is 2. The van der Waals surface area contributed by atoms with Crippen molar-refractivity contribution in [3.05, 3.63) is 53.5 Å². The summed E-state index contributed by atoms with van der Waals surface area (Å²) in [4.78, 5) is 18.4. The third-order valence-corrected chi connectivity index (χ3v) is 3.94. The number of carbonyl (C=O) groups excluding carboxylic acids is 1. The average Bonchev–Trinajstić information content (AvgIpc) is 2.56. The number of hydrogen-bond acceptors (Lipinski definition) is 5. The Hall–Kier alpha value is -2.74. The molecule has 0 N–H and O–H groups in total. The van der Waals surface area contributed by atoms with Crippen LogP contribution in [0.2, 0.25) is 0 Å². The Bertz CT molecular complexity index is 776. The minimum Gasteiger partial charge on any atom is -0.711 e. The van der Waals surface area contributed by atoms with Crippen LogP contribution in [0.15, 0.2) is 36.9 Å². The first-order valence-corrected chi connectivity index (χ1v) is 7.87. The van der Waals surface area contributed by atoms with E-state index in [-0.39, 0.29) is 35.1 Å². The second-order valence-corrected chi connectivity index (χ2v) is 5.98. The van der Waals surface area contributed by atoms with Crippen molar-refractivity contribution in [2.45, 2.75) is 25.9 Å². The summed E-state index contributed by atoms with van der Waals surface area (Å²) in [6.07, 6.45) is 3.58. The van der Waals surface area contributed by atoms with Gasteiger partial charge in [0.25, 0.3) is 12.2 Å². The van der Waals surface area contributed by atoms with Crippen molar-refractivity contribution in [1.29, 1.82) is 0 Å². The Morgan fingerprint density at radius 1 is 1.40 bits per heavy atom. The predicted molar refractivity (Wildman–Crippen MR) is 85.6 cm³/mol. The first-order chi connectivity index (χ1) is 12.0. The lowest BCUT2D eigenvalue weighted by Gasteiger charge is -2.39. The van der Waals surface area contributed by atoms with Gasteiger partial charge in [0.05, 0.1) is 30.9 Å². The number of morpholine rings is 1. The van der Waals surface area contributed by atoms with Crippen molar-refractivity contribution in [3.8, 4) is 11.5 Å². The average molecular weight is 347 g/mol. The van der Waals surface area contributed by atoms with E-state index in [0.717, 1.165) is 12.4 Å². The molecular weight excluding hydrogens is 329 g/mol. The van der Waals surface area contributed by atoms with E-state index in [1.165, 1.54) is 24.5 Å². The molecule has 8 heteroatoms. The van der Waals surface area contributed by atoms with Gasteiger partial charge in [0.2, 0.25) is 5.75 Å². The van der Waals surface area contributed by atoms with Gasteiger partial charge in [-0.2, -0.15) is 0 Å². The van der Waals surface area contributed by atoms with Gasteiger partial charge in [-0.3, -0.25) is 4.79 Å². The maximum atomic E-state index is 13.8. The number of halogens is 1. The molecule has 25 heavy (non-hydrogen) atoms. The standard InChI is InChI=1S/C17H18FN3O4/c1-11-8-24-9-12(2)21(11)17(22)15-5-13(18)3-4-16(15)25-14-6-19-10-20(23)7-14/h3-7,10-12H,8-9H2,1-2H3/t11-,12+. The lowest BCUT2D eigenvalue weighted by Crippen LogP contribution is -2.52. The second-order valence-electron chi connectivity index (χ2n) is 5.98. The molecule has 0 saturated carbocycles. The van der Waals surface area contributed by atoms with E-state index >= 15 is 0 Å². The Morgan fingerprint density at radius 2 is 2.12 bits per heavy atom. The van der Waals surface area contributed by atoms with Crippen LogP contribution in [0.1, 0.15) is 24.2 Å². The molecule has 1 aromatic heterocycles. The van der Waals surface area contributed by atoms with Gasteiger partial charge >= 0.3 is 0 Å². The first kappa shape index (κ1) is 17.1. The second kappa shape index (κ2) is 7.02. The van der Waals surface area contributed by atoms with E-state index in [0.29, 0.717) is 17.9 Å². The molecule has 0 radical (unpaired) electrons. The maximum absolute atomic E-state index is 13.8. The maximum Gasteiger partial charge on any atom is 0.289 e. The van der Waals surface area contributed by atoms with Crippen LogP contribution in [-0.2, 0) is 4.74 Å². The molecule has 7 nitrogen and oxygen atoms in total. The molecule has 2 heterocycles. The van der Waals surface area contributed by atoms with Gasteiger partial charge < -0.3 is 19.6 Å². The fourth-order valence-electron chi connectivity index (χ4n) is 2.85. The number of amides is 1. The summed E-state index contributed by atoms with van der Waals surface area (Å²) in [5, 5.41) is 11.3. The van der Waals surface area contributed by atoms with Crippen LogP contribution in [0.5, 0.6) is 11.5 Å². The third-order valence-electron chi connectivity index (χ3n) is 3.94. The van der Waals surface area contributed by atoms with Gasteiger partial charge in [0, 0.05) is 0 Å². The molecule has 1 aromatic carbocycles. The van der Waals surface area contributed by atoms with Gasteiger partial charge in [-0.15, -0.1) is 0 Å². The smallest absolute Gasteiger partial charge is 0.289 e. The summed E-state index contributed by atoms with van der Waals surface area (Å²) < 4.78 is 25.3. The van der Waals surface area contributed by atoms with Crippen LogP contribution in [0.25, 0.3) is 0 Å². The highest BCUT2D eigenvalue weighted by Gasteiger charge is 2.32. The van der Waals surface area contributed by atoms with Gasteiger partial charge in [-0.1, -0.05) is 4.98 Å². The Labute approximate surface area is 144 Å². The summed E-state index contributed by atoms with van der Waals surface area (Å²) in [6, 6.07) is 3.40. The minimum absolute atomic E-state index is 0.0851. The predicted octanol–water partition coefficient (Wildman–Crippen LogP) is 1.90.